The number of amides is 1. The van der Waals surface area contributed by atoms with Gasteiger partial charge in [0.1, 0.15) is 6.54 Å². The molecule has 2 N–H and O–H groups in total. The first-order chi connectivity index (χ1) is 11.1. The van der Waals surface area contributed by atoms with Gasteiger partial charge < -0.3 is 10.6 Å². The van der Waals surface area contributed by atoms with Crippen molar-refractivity contribution in [3.05, 3.63) is 39.4 Å². The molecule has 1 amide bonds. The molecule has 0 bridgehead atoms. The number of hydrogen-bond acceptors (Lipinski definition) is 4. The lowest BCUT2D eigenvalue weighted by atomic mass is 10.00. The average molecular weight is 379 g/mol. The van der Waals surface area contributed by atoms with Gasteiger partial charge in [-0.1, -0.05) is 15.9 Å². The van der Waals surface area contributed by atoms with Gasteiger partial charge in [0.2, 0.25) is 5.91 Å². The van der Waals surface area contributed by atoms with Crippen LogP contribution in [0.4, 0.5) is 0 Å². The summed E-state index contributed by atoms with van der Waals surface area (Å²) in [6, 6.07) is 5.35. The molecule has 122 valence electrons. The SMILES string of the molecule is O=C(Cn1cnc2ccc(Br)cc2c1=O)NCC1CCCNC1. The number of carbonyl (C=O) groups excluding carboxylic acids is 1. The maximum atomic E-state index is 12.4. The molecule has 7 heteroatoms. The van der Waals surface area contributed by atoms with Crippen molar-refractivity contribution in [2.24, 2.45) is 5.92 Å². The predicted molar refractivity (Wildman–Crippen MR) is 92.3 cm³/mol. The molecule has 0 saturated carbocycles. The van der Waals surface area contributed by atoms with E-state index in [0.717, 1.165) is 30.4 Å². The number of hydrogen-bond donors (Lipinski definition) is 2. The molecule has 1 fully saturated rings. The first-order valence-corrected chi connectivity index (χ1v) is 8.55. The van der Waals surface area contributed by atoms with Crippen molar-refractivity contribution < 1.29 is 4.79 Å². The van der Waals surface area contributed by atoms with E-state index in [1.807, 2.05) is 6.07 Å². The molecule has 1 aromatic carbocycles. The number of halogens is 1. The van der Waals surface area contributed by atoms with Gasteiger partial charge in [-0.25, -0.2) is 4.98 Å². The third-order valence-electron chi connectivity index (χ3n) is 4.09. The summed E-state index contributed by atoms with van der Waals surface area (Å²) in [5, 5.41) is 6.74. The smallest absolute Gasteiger partial charge is 0.261 e. The lowest BCUT2D eigenvalue weighted by molar-refractivity contribution is -0.121. The number of rotatable bonds is 4. The van der Waals surface area contributed by atoms with Crippen molar-refractivity contribution in [1.82, 2.24) is 20.2 Å². The van der Waals surface area contributed by atoms with Crippen LogP contribution >= 0.6 is 15.9 Å². The van der Waals surface area contributed by atoms with E-state index in [-0.39, 0.29) is 18.0 Å². The van der Waals surface area contributed by atoms with Gasteiger partial charge in [-0.3, -0.25) is 14.2 Å². The van der Waals surface area contributed by atoms with Crippen LogP contribution in [0.2, 0.25) is 0 Å². The minimum absolute atomic E-state index is 0.00552. The zero-order valence-electron chi connectivity index (χ0n) is 12.7. The third kappa shape index (κ3) is 3.97. The third-order valence-corrected chi connectivity index (χ3v) is 4.58. The molecular weight excluding hydrogens is 360 g/mol. The fourth-order valence-corrected chi connectivity index (χ4v) is 3.17. The van der Waals surface area contributed by atoms with Gasteiger partial charge in [0.25, 0.3) is 5.56 Å². The highest BCUT2D eigenvalue weighted by molar-refractivity contribution is 9.10. The van der Waals surface area contributed by atoms with Crippen LogP contribution in [0.15, 0.2) is 33.8 Å². The van der Waals surface area contributed by atoms with Gasteiger partial charge in [-0.05, 0) is 50.0 Å². The lowest BCUT2D eigenvalue weighted by Gasteiger charge is -2.22. The summed E-state index contributed by atoms with van der Waals surface area (Å²) < 4.78 is 2.17. The van der Waals surface area contributed by atoms with Gasteiger partial charge in [0.15, 0.2) is 0 Å². The van der Waals surface area contributed by atoms with Gasteiger partial charge >= 0.3 is 0 Å². The second-order valence-electron chi connectivity index (χ2n) is 5.86. The number of fused-ring (bicyclic) bond motifs is 1. The Morgan fingerprint density at radius 1 is 1.48 bits per heavy atom. The van der Waals surface area contributed by atoms with Gasteiger partial charge in [0.05, 0.1) is 17.2 Å². The number of benzene rings is 1. The van der Waals surface area contributed by atoms with Gasteiger partial charge in [0, 0.05) is 11.0 Å². The molecule has 6 nitrogen and oxygen atoms in total. The molecular formula is C16H19BrN4O2. The van der Waals surface area contributed by atoms with Crippen molar-refractivity contribution in [1.29, 1.82) is 0 Å². The molecule has 0 radical (unpaired) electrons. The summed E-state index contributed by atoms with van der Waals surface area (Å²) in [4.78, 5) is 28.8. The Labute approximate surface area is 142 Å². The molecule has 1 aromatic heterocycles. The van der Waals surface area contributed by atoms with E-state index in [2.05, 4.69) is 31.5 Å². The predicted octanol–water partition coefficient (Wildman–Crippen LogP) is 1.27. The quantitative estimate of drug-likeness (QED) is 0.839. The average Bonchev–Trinajstić information content (AvgIpc) is 2.57. The number of piperidine rings is 1. The number of nitrogens with one attached hydrogen (secondary N) is 2. The number of nitrogens with zero attached hydrogens (tertiary/aromatic N) is 2. The molecule has 1 aliphatic rings. The van der Waals surface area contributed by atoms with E-state index in [1.165, 1.54) is 10.9 Å². The van der Waals surface area contributed by atoms with Crippen molar-refractivity contribution in [2.45, 2.75) is 19.4 Å². The van der Waals surface area contributed by atoms with E-state index in [9.17, 15) is 9.59 Å². The van der Waals surface area contributed by atoms with Crippen molar-refractivity contribution >= 4 is 32.7 Å². The maximum Gasteiger partial charge on any atom is 0.261 e. The van der Waals surface area contributed by atoms with Crippen LogP contribution in [-0.2, 0) is 11.3 Å². The first kappa shape index (κ1) is 16.1. The molecule has 1 saturated heterocycles. The first-order valence-electron chi connectivity index (χ1n) is 7.75. The van der Waals surface area contributed by atoms with Crippen LogP contribution in [0.25, 0.3) is 10.9 Å². The normalized spacial score (nSPS) is 18.0. The Morgan fingerprint density at radius 3 is 3.13 bits per heavy atom. The van der Waals surface area contributed by atoms with Gasteiger partial charge in [-0.2, -0.15) is 0 Å². The molecule has 1 unspecified atom stereocenters. The molecule has 23 heavy (non-hydrogen) atoms. The largest absolute Gasteiger partial charge is 0.354 e. The summed E-state index contributed by atoms with van der Waals surface area (Å²) in [6.07, 6.45) is 3.70. The monoisotopic (exact) mass is 378 g/mol. The fourth-order valence-electron chi connectivity index (χ4n) is 2.81. The van der Waals surface area contributed by atoms with E-state index in [4.69, 9.17) is 0 Å². The zero-order valence-corrected chi connectivity index (χ0v) is 14.3. The minimum atomic E-state index is -0.203. The Kier molecular flexibility index (Phi) is 5.07. The van der Waals surface area contributed by atoms with Crippen molar-refractivity contribution in [2.75, 3.05) is 19.6 Å². The fraction of sp³-hybridized carbons (Fsp3) is 0.438. The molecule has 0 aliphatic carbocycles. The van der Waals surface area contributed by atoms with Crippen LogP contribution in [0.3, 0.4) is 0 Å². The highest BCUT2D eigenvalue weighted by Crippen LogP contribution is 2.14. The Morgan fingerprint density at radius 2 is 2.35 bits per heavy atom. The highest BCUT2D eigenvalue weighted by Gasteiger charge is 2.14. The Balaban J connectivity index is 1.67. The molecule has 2 heterocycles. The summed E-state index contributed by atoms with van der Waals surface area (Å²) in [5.41, 5.74) is 0.425. The molecule has 2 aromatic rings. The van der Waals surface area contributed by atoms with Crippen LogP contribution in [0.1, 0.15) is 12.8 Å². The number of carbonyl (C=O) groups is 1. The summed E-state index contributed by atoms with van der Waals surface area (Å²) in [5.74, 6) is 0.309. The lowest BCUT2D eigenvalue weighted by Crippen LogP contribution is -2.40. The van der Waals surface area contributed by atoms with Crippen LogP contribution in [0.5, 0.6) is 0 Å². The van der Waals surface area contributed by atoms with E-state index in [0.29, 0.717) is 23.4 Å². The molecule has 1 aliphatic heterocycles. The summed E-state index contributed by atoms with van der Waals surface area (Å²) in [7, 11) is 0. The number of aromatic nitrogens is 2. The van der Waals surface area contributed by atoms with Gasteiger partial charge in [-0.15, -0.1) is 0 Å². The zero-order chi connectivity index (χ0) is 16.2. The molecule has 0 spiro atoms. The van der Waals surface area contributed by atoms with E-state index >= 15 is 0 Å². The topological polar surface area (TPSA) is 76.0 Å². The van der Waals surface area contributed by atoms with E-state index < -0.39 is 0 Å². The molecule has 1 atom stereocenters. The summed E-state index contributed by atoms with van der Waals surface area (Å²) >= 11 is 3.35. The second kappa shape index (κ2) is 7.23. The van der Waals surface area contributed by atoms with Crippen LogP contribution < -0.4 is 16.2 Å². The molecule has 3 rings (SSSR count). The van der Waals surface area contributed by atoms with Crippen LogP contribution in [0, 0.1) is 5.92 Å². The highest BCUT2D eigenvalue weighted by atomic mass is 79.9. The Bertz CT molecular complexity index is 768. The Hall–Kier alpha value is -1.73. The maximum absolute atomic E-state index is 12.4. The van der Waals surface area contributed by atoms with Crippen LogP contribution in [-0.4, -0.2) is 35.1 Å². The summed E-state index contributed by atoms with van der Waals surface area (Å²) in [6.45, 7) is 2.63. The second-order valence-corrected chi connectivity index (χ2v) is 6.77. The standard InChI is InChI=1S/C16H19BrN4O2/c17-12-3-4-14-13(6-12)16(23)21(10-20-14)9-15(22)19-8-11-2-1-5-18-7-11/h3-4,6,10-11,18H,1-2,5,7-9H2,(H,19,22). The van der Waals surface area contributed by atoms with Crippen molar-refractivity contribution in [3.63, 3.8) is 0 Å². The van der Waals surface area contributed by atoms with Crippen molar-refractivity contribution in [3.8, 4) is 0 Å². The van der Waals surface area contributed by atoms with E-state index in [1.54, 1.807) is 12.1 Å². The minimum Gasteiger partial charge on any atom is -0.354 e.